The van der Waals surface area contributed by atoms with Crippen molar-refractivity contribution in [1.29, 1.82) is 0 Å². The van der Waals surface area contributed by atoms with Crippen LogP contribution in [-0.4, -0.2) is 32.1 Å². The van der Waals surface area contributed by atoms with E-state index < -0.39 is 0 Å². The average molecular weight is 324 g/mol. The molecule has 2 aromatic heterocycles. The molecule has 0 saturated carbocycles. The largest absolute Gasteiger partial charge is 0.354 e. The second-order valence-electron chi connectivity index (χ2n) is 4.40. The Morgan fingerprint density at radius 1 is 1.47 bits per heavy atom. The van der Waals surface area contributed by atoms with Crippen LogP contribution in [0.1, 0.15) is 19.7 Å². The molecule has 0 aliphatic heterocycles. The summed E-state index contributed by atoms with van der Waals surface area (Å²) in [5, 5.41) is 9.65. The number of amides is 1. The maximum absolute atomic E-state index is 11.6. The predicted molar refractivity (Wildman–Crippen MR) is 74.3 cm³/mol. The minimum Gasteiger partial charge on any atom is -0.354 e. The first kappa shape index (κ1) is 13.7. The fourth-order valence-electron chi connectivity index (χ4n) is 1.56. The molecule has 0 aliphatic rings. The first-order valence-corrected chi connectivity index (χ1v) is 6.65. The first-order chi connectivity index (χ1) is 9.04. The van der Waals surface area contributed by atoms with Crippen LogP contribution in [0.15, 0.2) is 22.9 Å². The predicted octanol–water partition coefficient (Wildman–Crippen LogP) is 1.70. The van der Waals surface area contributed by atoms with E-state index in [1.165, 1.54) is 0 Å². The number of nitrogens with zero attached hydrogens (tertiary/aromatic N) is 3. The molecule has 0 bridgehead atoms. The number of carbonyl (C=O) groups is 1. The standard InChI is InChI=1S/C12H14BrN5O/c1-7(2)15-11(19)4-10-16-12(18-17-10)8-3-9(13)6-14-5-8/h3,5-7H,4H2,1-2H3,(H,15,19)(H,16,17,18). The van der Waals surface area contributed by atoms with Gasteiger partial charge in [-0.15, -0.1) is 0 Å². The van der Waals surface area contributed by atoms with E-state index in [1.54, 1.807) is 12.4 Å². The molecule has 0 fully saturated rings. The van der Waals surface area contributed by atoms with E-state index >= 15 is 0 Å². The van der Waals surface area contributed by atoms with Crippen molar-refractivity contribution in [3.05, 3.63) is 28.8 Å². The van der Waals surface area contributed by atoms with Gasteiger partial charge in [-0.2, -0.15) is 5.10 Å². The van der Waals surface area contributed by atoms with Crippen molar-refractivity contribution in [1.82, 2.24) is 25.5 Å². The van der Waals surface area contributed by atoms with Crippen LogP contribution >= 0.6 is 15.9 Å². The molecular formula is C12H14BrN5O. The number of hydrogen-bond donors (Lipinski definition) is 2. The van der Waals surface area contributed by atoms with Crippen molar-refractivity contribution in [2.24, 2.45) is 0 Å². The Labute approximate surface area is 119 Å². The minimum atomic E-state index is -0.0786. The van der Waals surface area contributed by atoms with E-state index in [0.29, 0.717) is 11.6 Å². The molecule has 6 nitrogen and oxygen atoms in total. The van der Waals surface area contributed by atoms with E-state index in [1.807, 2.05) is 19.9 Å². The summed E-state index contributed by atoms with van der Waals surface area (Å²) < 4.78 is 0.855. The Morgan fingerprint density at radius 2 is 2.26 bits per heavy atom. The molecule has 7 heteroatoms. The fraction of sp³-hybridized carbons (Fsp3) is 0.333. The third-order valence-electron chi connectivity index (χ3n) is 2.27. The topological polar surface area (TPSA) is 83.6 Å². The molecule has 19 heavy (non-hydrogen) atoms. The van der Waals surface area contributed by atoms with Crippen LogP contribution in [0, 0.1) is 0 Å². The highest BCUT2D eigenvalue weighted by atomic mass is 79.9. The van der Waals surface area contributed by atoms with Gasteiger partial charge in [0.25, 0.3) is 0 Å². The van der Waals surface area contributed by atoms with Gasteiger partial charge >= 0.3 is 0 Å². The summed E-state index contributed by atoms with van der Waals surface area (Å²) in [5.41, 5.74) is 0.793. The third-order valence-corrected chi connectivity index (χ3v) is 2.71. The van der Waals surface area contributed by atoms with Crippen molar-refractivity contribution < 1.29 is 4.79 Å². The van der Waals surface area contributed by atoms with Crippen molar-refractivity contribution in [2.75, 3.05) is 0 Å². The lowest BCUT2D eigenvalue weighted by Gasteiger charge is -2.05. The smallest absolute Gasteiger partial charge is 0.227 e. The highest BCUT2D eigenvalue weighted by Gasteiger charge is 2.11. The van der Waals surface area contributed by atoms with Crippen LogP contribution in [0.25, 0.3) is 11.4 Å². The number of hydrogen-bond acceptors (Lipinski definition) is 4. The van der Waals surface area contributed by atoms with Crippen LogP contribution < -0.4 is 5.32 Å². The summed E-state index contributed by atoms with van der Waals surface area (Å²) in [6, 6.07) is 1.98. The quantitative estimate of drug-likeness (QED) is 0.896. The minimum absolute atomic E-state index is 0.0786. The molecule has 0 radical (unpaired) electrons. The van der Waals surface area contributed by atoms with Crippen LogP contribution in [-0.2, 0) is 11.2 Å². The molecule has 2 aromatic rings. The maximum Gasteiger partial charge on any atom is 0.227 e. The molecule has 0 aliphatic carbocycles. The molecule has 1 amide bonds. The van der Waals surface area contributed by atoms with Gasteiger partial charge < -0.3 is 5.32 Å². The molecule has 0 atom stereocenters. The van der Waals surface area contributed by atoms with Crippen molar-refractivity contribution >= 4 is 21.8 Å². The highest BCUT2D eigenvalue weighted by molar-refractivity contribution is 9.10. The summed E-state index contributed by atoms with van der Waals surface area (Å²) >= 11 is 3.34. The van der Waals surface area contributed by atoms with Crippen LogP contribution in [0.5, 0.6) is 0 Å². The monoisotopic (exact) mass is 323 g/mol. The highest BCUT2D eigenvalue weighted by Crippen LogP contribution is 2.17. The summed E-state index contributed by atoms with van der Waals surface area (Å²) in [5.74, 6) is 0.985. The molecule has 100 valence electrons. The zero-order chi connectivity index (χ0) is 13.8. The van der Waals surface area contributed by atoms with Gasteiger partial charge in [0.2, 0.25) is 5.91 Å². The number of carbonyl (C=O) groups excluding carboxylic acids is 1. The molecule has 2 N–H and O–H groups in total. The van der Waals surface area contributed by atoms with Gasteiger partial charge in [0.05, 0.1) is 6.42 Å². The van der Waals surface area contributed by atoms with Gasteiger partial charge in [-0.25, -0.2) is 4.98 Å². The number of aromatic amines is 1. The number of pyridine rings is 1. The Balaban J connectivity index is 2.09. The zero-order valence-corrected chi connectivity index (χ0v) is 12.2. The zero-order valence-electron chi connectivity index (χ0n) is 10.6. The normalized spacial score (nSPS) is 10.7. The summed E-state index contributed by atoms with van der Waals surface area (Å²) in [6.45, 7) is 3.83. The molecule has 0 spiro atoms. The van der Waals surface area contributed by atoms with E-state index in [-0.39, 0.29) is 18.4 Å². The summed E-state index contributed by atoms with van der Waals surface area (Å²) in [6.07, 6.45) is 3.55. The van der Waals surface area contributed by atoms with E-state index in [2.05, 4.69) is 41.4 Å². The average Bonchev–Trinajstić information content (AvgIpc) is 2.76. The fourth-order valence-corrected chi connectivity index (χ4v) is 1.93. The van der Waals surface area contributed by atoms with Crippen molar-refractivity contribution in [3.63, 3.8) is 0 Å². The van der Waals surface area contributed by atoms with E-state index in [0.717, 1.165) is 10.0 Å². The van der Waals surface area contributed by atoms with E-state index in [4.69, 9.17) is 0 Å². The van der Waals surface area contributed by atoms with Gasteiger partial charge in [-0.1, -0.05) is 0 Å². The molecule has 2 heterocycles. The van der Waals surface area contributed by atoms with Gasteiger partial charge in [0.15, 0.2) is 5.82 Å². The van der Waals surface area contributed by atoms with Crippen LogP contribution in [0.2, 0.25) is 0 Å². The second-order valence-corrected chi connectivity index (χ2v) is 5.31. The molecule has 0 unspecified atom stereocenters. The van der Waals surface area contributed by atoms with Gasteiger partial charge in [-0.05, 0) is 35.8 Å². The number of halogens is 1. The number of aromatic nitrogens is 4. The molecule has 0 saturated heterocycles. The number of H-pyrrole nitrogens is 1. The van der Waals surface area contributed by atoms with Gasteiger partial charge in [0.1, 0.15) is 5.82 Å². The SMILES string of the molecule is CC(C)NC(=O)Cc1nc(-c2cncc(Br)c2)n[nH]1. The van der Waals surface area contributed by atoms with Crippen molar-refractivity contribution in [2.45, 2.75) is 26.3 Å². The van der Waals surface area contributed by atoms with Crippen LogP contribution in [0.4, 0.5) is 0 Å². The molecular weight excluding hydrogens is 310 g/mol. The summed E-state index contributed by atoms with van der Waals surface area (Å²) in [4.78, 5) is 19.9. The molecule has 2 rings (SSSR count). The Hall–Kier alpha value is -1.76. The van der Waals surface area contributed by atoms with Crippen molar-refractivity contribution in [3.8, 4) is 11.4 Å². The lowest BCUT2D eigenvalue weighted by atomic mass is 10.3. The Kier molecular flexibility index (Phi) is 4.26. The lowest BCUT2D eigenvalue weighted by Crippen LogP contribution is -2.31. The lowest BCUT2D eigenvalue weighted by molar-refractivity contribution is -0.121. The van der Waals surface area contributed by atoms with Gasteiger partial charge in [-0.3, -0.25) is 14.9 Å². The Morgan fingerprint density at radius 3 is 2.95 bits per heavy atom. The summed E-state index contributed by atoms with van der Waals surface area (Å²) in [7, 11) is 0. The van der Waals surface area contributed by atoms with Crippen LogP contribution in [0.3, 0.4) is 0 Å². The maximum atomic E-state index is 11.6. The first-order valence-electron chi connectivity index (χ1n) is 5.86. The van der Waals surface area contributed by atoms with E-state index in [9.17, 15) is 4.79 Å². The number of rotatable bonds is 4. The second kappa shape index (κ2) is 5.92. The number of nitrogens with one attached hydrogen (secondary N) is 2. The van der Waals surface area contributed by atoms with Gasteiger partial charge in [0, 0.05) is 28.5 Å². The third kappa shape index (κ3) is 3.85. The Bertz CT molecular complexity index is 581. The molecule has 0 aromatic carbocycles.